The fourth-order valence-corrected chi connectivity index (χ4v) is 30.1. The maximum absolute atomic E-state index is 14.8. The maximum Gasteiger partial charge on any atom is 0.318 e. The van der Waals surface area contributed by atoms with Gasteiger partial charge in [-0.25, -0.2) is 0 Å². The average molecular weight is 1970 g/mol. The van der Waals surface area contributed by atoms with E-state index in [9.17, 15) is 122 Å². The minimum atomic E-state index is -1.82. The summed E-state index contributed by atoms with van der Waals surface area (Å²) < 4.78 is 84.5. The van der Waals surface area contributed by atoms with Crippen LogP contribution in [0.25, 0.3) is 0 Å². The van der Waals surface area contributed by atoms with Crippen LogP contribution in [0.1, 0.15) is 219 Å². The average Bonchev–Trinajstić information content (AvgIpc) is 0.675. The first-order valence-electron chi connectivity index (χ1n) is 50.5. The van der Waals surface area contributed by atoms with Crippen molar-refractivity contribution in [1.29, 1.82) is 0 Å². The Morgan fingerprint density at radius 3 is 1.04 bits per heavy atom. The zero-order valence-corrected chi connectivity index (χ0v) is 82.2. The fourth-order valence-electron chi connectivity index (χ4n) is 30.1. The van der Waals surface area contributed by atoms with E-state index >= 15 is 0 Å². The number of ether oxygens (including phenoxy) is 14. The summed E-state index contributed by atoms with van der Waals surface area (Å²) in [6.07, 6.45) is -33.6. The molecule has 7 heterocycles. The van der Waals surface area contributed by atoms with Gasteiger partial charge in [0.1, 0.15) is 153 Å². The molecule has 138 heavy (non-hydrogen) atoms. The summed E-state index contributed by atoms with van der Waals surface area (Å²) in [5, 5.41) is 233. The molecule has 0 spiro atoms. The van der Waals surface area contributed by atoms with Crippen LogP contribution in [0.3, 0.4) is 0 Å². The van der Waals surface area contributed by atoms with Crippen molar-refractivity contribution in [2.75, 3.05) is 39.6 Å². The Kier molecular flexibility index (Phi) is 30.7. The Hall–Kier alpha value is -3.46. The number of carbonyl (C=O) groups excluding carboxylic acids is 2. The summed E-state index contributed by atoms with van der Waals surface area (Å²) >= 11 is 0. The first-order chi connectivity index (χ1) is 64.7. The van der Waals surface area contributed by atoms with E-state index in [0.717, 1.165) is 98.5 Å². The topological polar surface area (TPSA) is 608 Å². The van der Waals surface area contributed by atoms with Gasteiger partial charge in [-0.3, -0.25) is 9.59 Å². The molecule has 22 N–H and O–H groups in total. The number of esters is 2. The second-order valence-electron chi connectivity index (χ2n) is 46.7. The van der Waals surface area contributed by atoms with E-state index in [1.165, 1.54) is 12.5 Å². The highest BCUT2D eigenvalue weighted by molar-refractivity contribution is 5.85. The van der Waals surface area contributed by atoms with Gasteiger partial charge in [0.05, 0.1) is 68.8 Å². The highest BCUT2D eigenvalue weighted by atomic mass is 16.8. The first kappa shape index (κ1) is 107. The largest absolute Gasteiger partial charge is 0.432 e. The van der Waals surface area contributed by atoms with E-state index in [1.54, 1.807) is 0 Å². The summed E-state index contributed by atoms with van der Waals surface area (Å²) in [7, 11) is 0. The van der Waals surface area contributed by atoms with E-state index < -0.39 is 269 Å². The summed E-state index contributed by atoms with van der Waals surface area (Å²) in [6, 6.07) is 0. The molecule has 0 aromatic heterocycles. The van der Waals surface area contributed by atoms with E-state index in [-0.39, 0.29) is 87.3 Å². The number of hydrogen-bond donors (Lipinski definition) is 22. The molecule has 7 saturated heterocycles. The van der Waals surface area contributed by atoms with Crippen molar-refractivity contribution < 1.29 is 188 Å². The van der Waals surface area contributed by atoms with Crippen molar-refractivity contribution in [2.24, 2.45) is 89.7 Å². The van der Waals surface area contributed by atoms with Crippen LogP contribution in [-0.2, 0) is 75.9 Å². The van der Waals surface area contributed by atoms with Crippen LogP contribution in [-0.4, -0.2) is 379 Å². The summed E-state index contributed by atoms with van der Waals surface area (Å²) in [5.41, 5.74) is 2.33. The number of carbonyl (C=O) groups is 2. The summed E-state index contributed by atoms with van der Waals surface area (Å²) in [5.74, 6) is 0.157. The monoisotopic (exact) mass is 1970 g/mol. The van der Waals surface area contributed by atoms with Gasteiger partial charge in [-0.1, -0.05) is 106 Å². The molecule has 17 rings (SSSR count). The van der Waals surface area contributed by atoms with Crippen LogP contribution >= 0.6 is 0 Å². The normalized spacial score (nSPS) is 53.1. The van der Waals surface area contributed by atoms with Crippen LogP contribution < -0.4 is 0 Å². The van der Waals surface area contributed by atoms with Crippen molar-refractivity contribution in [2.45, 2.75) is 434 Å². The molecule has 38 heteroatoms. The predicted molar refractivity (Wildman–Crippen MR) is 480 cm³/mol. The van der Waals surface area contributed by atoms with Crippen LogP contribution in [0, 0.1) is 89.7 Å². The van der Waals surface area contributed by atoms with Crippen molar-refractivity contribution >= 4 is 11.9 Å². The quantitative estimate of drug-likeness (QED) is 0.0646. The van der Waals surface area contributed by atoms with E-state index in [2.05, 4.69) is 109 Å². The lowest BCUT2D eigenvalue weighted by Crippen LogP contribution is -2.66. The second-order valence-corrected chi connectivity index (χ2v) is 46.7. The molecule has 0 aromatic rings. The molecule has 0 bridgehead atoms. The van der Waals surface area contributed by atoms with Gasteiger partial charge >= 0.3 is 11.9 Å². The molecule has 37 unspecified atom stereocenters. The molecule has 7 aliphatic heterocycles. The third-order valence-electron chi connectivity index (χ3n) is 39.4. The SMILES string of the molecule is CC1=C2C3=CCC4[C@@]5(C)CC[C@H](OC6OCC(O)C(O)C6OC6OC(CO)C(O)C(O)C6O)C(C)(C)C5CC[C@@]4(C)[C@]3(C)CC[C@@]2(C(=O)OC2OC(CO)C(O)C(O)C2O)CC[C@H]1C.CC1=C2C3=CCC4[C@@]5(C)CC[C@H](OC6OCC(O)C(O)C6OC6OC(CO)C(O)C(O)C6OC6OC(C)C(O)C(O)C6O)C(C)(C)C5CC[C@@]4(C)[C@]3(C)CC[C@@]2(C(=O)OC2OC(CO)C(O)C(O)C2O)CC[C@H]1C. The van der Waals surface area contributed by atoms with Gasteiger partial charge in [0.15, 0.2) is 31.5 Å². The van der Waals surface area contributed by atoms with Gasteiger partial charge in [0.2, 0.25) is 12.6 Å². The molecule has 0 amide bonds. The van der Waals surface area contributed by atoms with Crippen LogP contribution in [0.15, 0.2) is 45.6 Å². The number of hydrogen-bond acceptors (Lipinski definition) is 38. The van der Waals surface area contributed by atoms with E-state index in [0.29, 0.717) is 44.9 Å². The molecule has 17 aliphatic rings. The van der Waals surface area contributed by atoms with Gasteiger partial charge in [0, 0.05) is 0 Å². The number of allylic oxidation sites excluding steroid dienone is 6. The molecule has 38 nitrogen and oxygen atoms in total. The van der Waals surface area contributed by atoms with E-state index in [4.69, 9.17) is 66.3 Å². The third kappa shape index (κ3) is 17.3. The number of rotatable bonds is 18. The smallest absolute Gasteiger partial charge is 0.318 e. The van der Waals surface area contributed by atoms with Gasteiger partial charge in [-0.05, 0) is 237 Å². The molecular formula is C100H158O38. The lowest BCUT2D eigenvalue weighted by molar-refractivity contribution is -0.392. The number of aliphatic hydroxyl groups is 22. The number of fused-ring (bicyclic) bond motifs is 14. The lowest BCUT2D eigenvalue weighted by atomic mass is 9.34. The molecule has 10 aliphatic carbocycles. The van der Waals surface area contributed by atoms with Crippen molar-refractivity contribution in [3.63, 3.8) is 0 Å². The Morgan fingerprint density at radius 2 is 0.659 bits per heavy atom. The van der Waals surface area contributed by atoms with Gasteiger partial charge in [-0.2, -0.15) is 0 Å². The van der Waals surface area contributed by atoms with Crippen molar-refractivity contribution in [3.8, 4) is 0 Å². The van der Waals surface area contributed by atoms with Gasteiger partial charge in [0.25, 0.3) is 0 Å². The summed E-state index contributed by atoms with van der Waals surface area (Å²) in [6.45, 7) is 30.0. The molecule has 0 radical (unpaired) electrons. The van der Waals surface area contributed by atoms with Gasteiger partial charge < -0.3 is 179 Å². The Labute approximate surface area is 805 Å². The highest BCUT2D eigenvalue weighted by Crippen LogP contribution is 2.78. The van der Waals surface area contributed by atoms with E-state index in [1.807, 2.05) is 0 Å². The highest BCUT2D eigenvalue weighted by Gasteiger charge is 2.73. The van der Waals surface area contributed by atoms with Crippen molar-refractivity contribution in [1.82, 2.24) is 0 Å². The minimum Gasteiger partial charge on any atom is -0.432 e. The minimum absolute atomic E-state index is 0.128. The molecule has 49 atom stereocenters. The molecule has 786 valence electrons. The summed E-state index contributed by atoms with van der Waals surface area (Å²) in [4.78, 5) is 29.4. The lowest BCUT2D eigenvalue weighted by Gasteiger charge is -2.70. The van der Waals surface area contributed by atoms with Crippen LogP contribution in [0.4, 0.5) is 0 Å². The fraction of sp³-hybridized carbons (Fsp3) is 0.900. The Balaban J connectivity index is 0.000000202. The Bertz CT molecular complexity index is 4450. The van der Waals surface area contributed by atoms with Crippen molar-refractivity contribution in [3.05, 3.63) is 45.6 Å². The molecule has 6 saturated carbocycles. The van der Waals surface area contributed by atoms with Crippen LogP contribution in [0.5, 0.6) is 0 Å². The molecule has 13 fully saturated rings. The third-order valence-corrected chi connectivity index (χ3v) is 39.4. The maximum atomic E-state index is 14.8. The van der Waals surface area contributed by atoms with Gasteiger partial charge in [-0.15, -0.1) is 0 Å². The van der Waals surface area contributed by atoms with Crippen LogP contribution in [0.2, 0.25) is 0 Å². The standard InChI is InChI=1S/C53H84O21.C47H74O17/c1-22-11-16-53(48(66)74-45-41(65)38(62)35(59)27(19-54)69-45)18-17-51(7)25(32(53)23(22)2)9-10-30-50(6)14-13-31(49(4,5)29(50)12-15-52(30,51)8)71-46-42(34(58)26(56)21-67-46)73-47-43(39(63)36(60)28(20-55)70-47)72-44-40(64)37(61)33(57)24(3)68-44;1-21-10-15-47(42(58)64-40-37(57)35(55)33(53)26(19-49)61-40)17-16-45(6)23(30(47)22(21)2)8-9-28-44(5)13-12-29(43(3,4)27(44)11-14-46(28,45)7)62-41-38(31(51)24(50)20-59-41)63-39-36(56)34(54)32(52)25(18-48)60-39/h9,22,24,26-31,33-47,54-65H,10-21H2,1-8H3;8,21,24-29,31-41,48-57H,9-20H2,1-7H3/t22-,24?,26?,27?,28?,29?,30?,31+,33?,34?,35?,36?,37?,38?,39?,40?,41?,42?,43?,44?,45?,46?,47?,50+,51-,52-,53+;21-,24?,25?,26?,27?,28?,29+,31?,32?,33?,34?,35?,36?,37?,38?,39?,40?,41?,44+,45-,46-,47+/m11/s1. The molecular weight excluding hydrogens is 1810 g/mol. The molecule has 0 aromatic carbocycles. The zero-order valence-electron chi connectivity index (χ0n) is 82.2. The zero-order chi connectivity index (χ0) is 101. The number of aliphatic hydroxyl groups excluding tert-OH is 22. The first-order valence-corrected chi connectivity index (χ1v) is 50.5. The predicted octanol–water partition coefficient (Wildman–Crippen LogP) is 0.251. The second kappa shape index (κ2) is 39.6. The Morgan fingerprint density at radius 1 is 0.333 bits per heavy atom.